The maximum absolute atomic E-state index is 11.7. The summed E-state index contributed by atoms with van der Waals surface area (Å²) in [6, 6.07) is 0. The van der Waals surface area contributed by atoms with Crippen LogP contribution in [0, 0.1) is 11.8 Å². The third-order valence-corrected chi connectivity index (χ3v) is 3.44. The fraction of sp³-hybridized carbons (Fsp3) is 0.917. The molecular weight excluding hydrogens is 188 g/mol. The molecule has 0 radical (unpaired) electrons. The molecule has 0 aromatic heterocycles. The van der Waals surface area contributed by atoms with Crippen LogP contribution in [0.4, 0.5) is 0 Å². The molecule has 1 fully saturated rings. The summed E-state index contributed by atoms with van der Waals surface area (Å²) in [5.74, 6) is 1.51. The second-order valence-electron chi connectivity index (χ2n) is 4.95. The van der Waals surface area contributed by atoms with Crippen LogP contribution in [0.15, 0.2) is 0 Å². The van der Waals surface area contributed by atoms with Gasteiger partial charge in [0, 0.05) is 20.0 Å². The highest BCUT2D eigenvalue weighted by molar-refractivity contribution is 5.75. The predicted molar refractivity (Wildman–Crippen MR) is 62.4 cm³/mol. The van der Waals surface area contributed by atoms with E-state index >= 15 is 0 Å². The summed E-state index contributed by atoms with van der Waals surface area (Å²) in [6.45, 7) is 3.73. The van der Waals surface area contributed by atoms with E-state index in [1.807, 2.05) is 11.9 Å². The zero-order chi connectivity index (χ0) is 11.3. The quantitative estimate of drug-likeness (QED) is 0.727. The number of hydrogen-bond acceptors (Lipinski definition) is 2. The monoisotopic (exact) mass is 212 g/mol. The van der Waals surface area contributed by atoms with Gasteiger partial charge in [-0.25, -0.2) is 0 Å². The van der Waals surface area contributed by atoms with Crippen molar-refractivity contribution in [2.24, 2.45) is 17.6 Å². The van der Waals surface area contributed by atoms with E-state index in [1.54, 1.807) is 0 Å². The Hall–Kier alpha value is -0.570. The summed E-state index contributed by atoms with van der Waals surface area (Å²) >= 11 is 0. The number of carbonyl (C=O) groups is 1. The highest BCUT2D eigenvalue weighted by atomic mass is 16.2. The second-order valence-corrected chi connectivity index (χ2v) is 4.95. The van der Waals surface area contributed by atoms with E-state index in [2.05, 4.69) is 6.92 Å². The van der Waals surface area contributed by atoms with E-state index in [1.165, 1.54) is 19.3 Å². The Morgan fingerprint density at radius 3 is 2.67 bits per heavy atom. The van der Waals surface area contributed by atoms with Gasteiger partial charge in [0.2, 0.25) is 5.91 Å². The maximum atomic E-state index is 11.7. The van der Waals surface area contributed by atoms with Gasteiger partial charge in [0.15, 0.2) is 0 Å². The molecule has 1 saturated carbocycles. The summed E-state index contributed by atoms with van der Waals surface area (Å²) in [5, 5.41) is 0. The van der Waals surface area contributed by atoms with Crippen molar-refractivity contribution in [3.8, 4) is 0 Å². The second kappa shape index (κ2) is 6.11. The number of hydrogen-bond donors (Lipinski definition) is 1. The number of rotatable bonds is 6. The van der Waals surface area contributed by atoms with Gasteiger partial charge in [-0.05, 0) is 37.6 Å². The molecule has 0 bridgehead atoms. The van der Waals surface area contributed by atoms with Crippen LogP contribution < -0.4 is 5.73 Å². The molecular formula is C12H24N2O. The van der Waals surface area contributed by atoms with Crippen molar-refractivity contribution in [1.29, 1.82) is 0 Å². The van der Waals surface area contributed by atoms with Crippen LogP contribution in [0.1, 0.15) is 39.0 Å². The molecule has 1 rings (SSSR count). The molecule has 1 aliphatic rings. The van der Waals surface area contributed by atoms with E-state index in [-0.39, 0.29) is 5.91 Å². The van der Waals surface area contributed by atoms with E-state index in [4.69, 9.17) is 5.73 Å². The van der Waals surface area contributed by atoms with Gasteiger partial charge in [0.1, 0.15) is 0 Å². The van der Waals surface area contributed by atoms with Crippen LogP contribution in [0.2, 0.25) is 0 Å². The Bertz CT molecular complexity index is 202. The van der Waals surface area contributed by atoms with Crippen LogP contribution in [-0.4, -0.2) is 30.9 Å². The Morgan fingerprint density at radius 1 is 1.53 bits per heavy atom. The molecule has 3 heteroatoms. The van der Waals surface area contributed by atoms with Crippen LogP contribution in [0.25, 0.3) is 0 Å². The molecule has 1 amide bonds. The molecule has 0 spiro atoms. The van der Waals surface area contributed by atoms with E-state index in [0.717, 1.165) is 18.9 Å². The molecule has 0 heterocycles. The van der Waals surface area contributed by atoms with E-state index in [0.29, 0.717) is 18.9 Å². The molecule has 0 aliphatic heterocycles. The third kappa shape index (κ3) is 4.20. The van der Waals surface area contributed by atoms with E-state index < -0.39 is 0 Å². The van der Waals surface area contributed by atoms with Gasteiger partial charge in [-0.1, -0.05) is 13.3 Å². The average molecular weight is 212 g/mol. The van der Waals surface area contributed by atoms with Crippen molar-refractivity contribution < 1.29 is 4.79 Å². The topological polar surface area (TPSA) is 46.3 Å². The third-order valence-electron chi connectivity index (χ3n) is 3.44. The van der Waals surface area contributed by atoms with Gasteiger partial charge in [-0.3, -0.25) is 4.79 Å². The van der Waals surface area contributed by atoms with Gasteiger partial charge >= 0.3 is 0 Å². The van der Waals surface area contributed by atoms with Gasteiger partial charge in [-0.2, -0.15) is 0 Å². The summed E-state index contributed by atoms with van der Waals surface area (Å²) in [4.78, 5) is 13.6. The Balaban J connectivity index is 2.14. The van der Waals surface area contributed by atoms with Crippen molar-refractivity contribution >= 4 is 5.91 Å². The lowest BCUT2D eigenvalue weighted by molar-refractivity contribution is -0.131. The van der Waals surface area contributed by atoms with Crippen molar-refractivity contribution in [3.63, 3.8) is 0 Å². The number of nitrogens with two attached hydrogens (primary N) is 1. The Labute approximate surface area is 93.0 Å². The zero-order valence-electron chi connectivity index (χ0n) is 10.0. The first-order valence-corrected chi connectivity index (χ1v) is 6.07. The van der Waals surface area contributed by atoms with Crippen molar-refractivity contribution in [1.82, 2.24) is 4.90 Å². The molecule has 2 N–H and O–H groups in total. The first-order valence-electron chi connectivity index (χ1n) is 6.07. The lowest BCUT2D eigenvalue weighted by atomic mass is 9.85. The molecule has 1 unspecified atom stereocenters. The lowest BCUT2D eigenvalue weighted by Gasteiger charge is -2.30. The molecule has 0 saturated heterocycles. The highest BCUT2D eigenvalue weighted by Crippen LogP contribution is 2.26. The fourth-order valence-electron chi connectivity index (χ4n) is 1.84. The molecule has 0 aromatic rings. The predicted octanol–water partition coefficient (Wildman–Crippen LogP) is 1.62. The largest absolute Gasteiger partial charge is 0.345 e. The summed E-state index contributed by atoms with van der Waals surface area (Å²) < 4.78 is 0. The summed E-state index contributed by atoms with van der Waals surface area (Å²) in [6.07, 6.45) is 5.52. The number of carbonyl (C=O) groups excluding carboxylic acids is 1. The van der Waals surface area contributed by atoms with Crippen molar-refractivity contribution in [2.75, 3.05) is 20.1 Å². The van der Waals surface area contributed by atoms with Gasteiger partial charge in [0.05, 0.1) is 0 Å². The minimum absolute atomic E-state index is 0.280. The normalized spacial score (nSPS) is 18.3. The molecule has 1 atom stereocenters. The molecule has 0 aromatic carbocycles. The van der Waals surface area contributed by atoms with Crippen molar-refractivity contribution in [3.05, 3.63) is 0 Å². The first-order chi connectivity index (χ1) is 7.13. The standard InChI is InChI=1S/C12H24N2O/c1-10(8-13)6-7-12(15)14(2)9-11-4-3-5-11/h10-11H,3-9,13H2,1-2H3. The van der Waals surface area contributed by atoms with Gasteiger partial charge < -0.3 is 10.6 Å². The minimum Gasteiger partial charge on any atom is -0.345 e. The first kappa shape index (κ1) is 12.5. The number of amides is 1. The van der Waals surface area contributed by atoms with Crippen LogP contribution >= 0.6 is 0 Å². The van der Waals surface area contributed by atoms with Crippen LogP contribution in [0.3, 0.4) is 0 Å². The lowest BCUT2D eigenvalue weighted by Crippen LogP contribution is -2.34. The van der Waals surface area contributed by atoms with Gasteiger partial charge in [0.25, 0.3) is 0 Å². The smallest absolute Gasteiger partial charge is 0.222 e. The summed E-state index contributed by atoms with van der Waals surface area (Å²) in [5.41, 5.74) is 5.52. The van der Waals surface area contributed by atoms with Crippen molar-refractivity contribution in [2.45, 2.75) is 39.0 Å². The van der Waals surface area contributed by atoms with E-state index in [9.17, 15) is 4.79 Å². The zero-order valence-corrected chi connectivity index (χ0v) is 10.0. The molecule has 3 nitrogen and oxygen atoms in total. The summed E-state index contributed by atoms with van der Waals surface area (Å²) in [7, 11) is 1.92. The molecule has 1 aliphatic carbocycles. The van der Waals surface area contributed by atoms with Crippen LogP contribution in [-0.2, 0) is 4.79 Å². The average Bonchev–Trinajstić information content (AvgIpc) is 2.18. The fourth-order valence-corrected chi connectivity index (χ4v) is 1.84. The van der Waals surface area contributed by atoms with Gasteiger partial charge in [-0.15, -0.1) is 0 Å². The highest BCUT2D eigenvalue weighted by Gasteiger charge is 2.21. The molecule has 15 heavy (non-hydrogen) atoms. The van der Waals surface area contributed by atoms with Crippen LogP contribution in [0.5, 0.6) is 0 Å². The Kier molecular flexibility index (Phi) is 5.09. The maximum Gasteiger partial charge on any atom is 0.222 e. The molecule has 88 valence electrons. The number of nitrogens with zero attached hydrogens (tertiary/aromatic N) is 1. The Morgan fingerprint density at radius 2 is 2.20 bits per heavy atom. The SMILES string of the molecule is CC(CN)CCC(=O)N(C)CC1CCC1. The minimum atomic E-state index is 0.280.